The smallest absolute Gasteiger partial charge is 0.168 e. The van der Waals surface area contributed by atoms with E-state index < -0.39 is 0 Å². The zero-order chi connectivity index (χ0) is 11.4. The molecular formula is C10H16FN3S. The van der Waals surface area contributed by atoms with Gasteiger partial charge in [0, 0.05) is 6.20 Å². The Bertz CT molecular complexity index is 344. The Balaban J connectivity index is 0.000000531. The van der Waals surface area contributed by atoms with Crippen molar-refractivity contribution in [2.75, 3.05) is 16.3 Å². The van der Waals surface area contributed by atoms with E-state index >= 15 is 0 Å². The number of aromatic nitrogens is 1. The minimum Gasteiger partial charge on any atom is -0.364 e. The molecule has 1 aromatic rings. The average Bonchev–Trinajstić information content (AvgIpc) is 2.70. The highest BCUT2D eigenvalue weighted by Gasteiger charge is 2.23. The van der Waals surface area contributed by atoms with Crippen molar-refractivity contribution in [2.45, 2.75) is 27.7 Å². The quantitative estimate of drug-likeness (QED) is 0.747. The summed E-state index contributed by atoms with van der Waals surface area (Å²) in [7, 11) is 0. The van der Waals surface area contributed by atoms with Gasteiger partial charge in [0.2, 0.25) is 0 Å². The predicted octanol–water partition coefficient (Wildman–Crippen LogP) is 3.45. The van der Waals surface area contributed by atoms with Crippen LogP contribution in [0.3, 0.4) is 0 Å². The Morgan fingerprint density at radius 1 is 1.47 bits per heavy atom. The van der Waals surface area contributed by atoms with Gasteiger partial charge in [0.15, 0.2) is 18.2 Å². The maximum Gasteiger partial charge on any atom is 0.168 e. The summed E-state index contributed by atoms with van der Waals surface area (Å²) in [5.41, 5.74) is 3.21. The molecule has 1 N–H and O–H groups in total. The molecule has 0 bridgehead atoms. The molecule has 0 fully saturated rings. The highest BCUT2D eigenvalue weighted by atomic mass is 32.2. The lowest BCUT2D eigenvalue weighted by molar-refractivity contribution is 0.921. The third-order valence-electron chi connectivity index (χ3n) is 2.29. The number of nitrogens with one attached hydrogen (secondary N) is 1. The van der Waals surface area contributed by atoms with E-state index in [1.54, 1.807) is 6.20 Å². The van der Waals surface area contributed by atoms with Crippen LogP contribution < -0.4 is 9.62 Å². The molecule has 0 amide bonds. The van der Waals surface area contributed by atoms with Crippen molar-refractivity contribution in [1.82, 2.24) is 4.98 Å². The van der Waals surface area contributed by atoms with Crippen LogP contribution in [-0.2, 0) is 0 Å². The zero-order valence-corrected chi connectivity index (χ0v) is 10.3. The molecule has 84 valence electrons. The largest absolute Gasteiger partial charge is 0.364 e. The van der Waals surface area contributed by atoms with Gasteiger partial charge in [-0.15, -0.1) is 3.89 Å². The van der Waals surface area contributed by atoms with Gasteiger partial charge in [0.25, 0.3) is 0 Å². The van der Waals surface area contributed by atoms with Crippen LogP contribution in [-0.4, -0.2) is 11.7 Å². The molecule has 0 aliphatic carbocycles. The van der Waals surface area contributed by atoms with Gasteiger partial charge < -0.3 is 5.32 Å². The number of pyridine rings is 1. The van der Waals surface area contributed by atoms with Gasteiger partial charge >= 0.3 is 0 Å². The molecule has 5 heteroatoms. The first kappa shape index (κ1) is 12.1. The zero-order valence-electron chi connectivity index (χ0n) is 9.47. The van der Waals surface area contributed by atoms with Gasteiger partial charge in [-0.25, -0.2) is 4.98 Å². The molecule has 1 aliphatic rings. The Hall–Kier alpha value is -0.970. The molecular weight excluding hydrogens is 213 g/mol. The minimum atomic E-state index is 0.198. The number of halogens is 1. The van der Waals surface area contributed by atoms with E-state index in [0.717, 1.165) is 16.8 Å². The predicted molar refractivity (Wildman–Crippen MR) is 64.7 cm³/mol. The summed E-state index contributed by atoms with van der Waals surface area (Å²) in [6.07, 6.45) is 1.77. The lowest BCUT2D eigenvalue weighted by Gasteiger charge is -2.09. The van der Waals surface area contributed by atoms with Crippen molar-refractivity contribution < 1.29 is 3.89 Å². The third kappa shape index (κ3) is 2.17. The van der Waals surface area contributed by atoms with Crippen molar-refractivity contribution in [2.24, 2.45) is 0 Å². The van der Waals surface area contributed by atoms with Gasteiger partial charge in [0.05, 0.1) is 5.69 Å². The second-order valence-corrected chi connectivity index (χ2v) is 3.63. The number of hydrogen-bond acceptors (Lipinski definition) is 4. The molecule has 0 saturated carbocycles. The fourth-order valence-corrected chi connectivity index (χ4v) is 1.68. The van der Waals surface area contributed by atoms with Gasteiger partial charge in [-0.1, -0.05) is 13.8 Å². The summed E-state index contributed by atoms with van der Waals surface area (Å²) in [6, 6.07) is 0. The Morgan fingerprint density at radius 3 is 2.73 bits per heavy atom. The second-order valence-electron chi connectivity index (χ2n) is 3.05. The highest BCUT2D eigenvalue weighted by molar-refractivity contribution is 7.95. The van der Waals surface area contributed by atoms with Crippen molar-refractivity contribution >= 4 is 23.8 Å². The molecule has 1 aliphatic heterocycles. The molecule has 0 radical (unpaired) electrons. The van der Waals surface area contributed by atoms with E-state index in [0.29, 0.717) is 12.5 Å². The third-order valence-corrected chi connectivity index (χ3v) is 2.76. The Morgan fingerprint density at radius 2 is 2.13 bits per heavy atom. The van der Waals surface area contributed by atoms with E-state index in [-0.39, 0.29) is 12.3 Å². The first-order valence-electron chi connectivity index (χ1n) is 5.00. The topological polar surface area (TPSA) is 28.2 Å². The number of anilines is 2. The molecule has 1 aromatic heterocycles. The van der Waals surface area contributed by atoms with Crippen LogP contribution in [0.15, 0.2) is 6.20 Å². The fraction of sp³-hybridized carbons (Fsp3) is 0.500. The number of nitrogens with zero attached hydrogens (tertiary/aromatic N) is 2. The monoisotopic (exact) mass is 229 g/mol. The summed E-state index contributed by atoms with van der Waals surface area (Å²) >= 11 is 0.198. The summed E-state index contributed by atoms with van der Waals surface area (Å²) in [6.45, 7) is 8.48. The van der Waals surface area contributed by atoms with Crippen LogP contribution in [0.2, 0.25) is 0 Å². The maximum absolute atomic E-state index is 12.4. The first-order valence-corrected chi connectivity index (χ1v) is 5.67. The van der Waals surface area contributed by atoms with E-state index in [9.17, 15) is 3.89 Å². The lowest BCUT2D eigenvalue weighted by Crippen LogP contribution is -2.12. The van der Waals surface area contributed by atoms with Gasteiger partial charge in [0.1, 0.15) is 6.67 Å². The van der Waals surface area contributed by atoms with Crippen LogP contribution in [0, 0.1) is 13.8 Å². The molecule has 0 unspecified atom stereocenters. The molecule has 0 atom stereocenters. The van der Waals surface area contributed by atoms with E-state index in [1.807, 2.05) is 27.7 Å². The molecule has 0 saturated heterocycles. The average molecular weight is 229 g/mol. The van der Waals surface area contributed by atoms with Crippen molar-refractivity contribution in [1.29, 1.82) is 0 Å². The molecule has 2 heterocycles. The maximum atomic E-state index is 12.4. The molecule has 15 heavy (non-hydrogen) atoms. The van der Waals surface area contributed by atoms with E-state index in [4.69, 9.17) is 0 Å². The normalized spacial score (nSPS) is 12.7. The van der Waals surface area contributed by atoms with E-state index in [1.165, 1.54) is 4.31 Å². The summed E-state index contributed by atoms with van der Waals surface area (Å²) in [5, 5.41) is 3.11. The molecule has 3 nitrogen and oxygen atoms in total. The molecule has 0 aromatic carbocycles. The summed E-state index contributed by atoms with van der Waals surface area (Å²) in [5.74, 6) is 0.690. The first-order chi connectivity index (χ1) is 7.24. The van der Waals surface area contributed by atoms with Crippen LogP contribution in [0.1, 0.15) is 25.0 Å². The van der Waals surface area contributed by atoms with Crippen LogP contribution in [0.5, 0.6) is 0 Å². The number of rotatable bonds is 1. The van der Waals surface area contributed by atoms with Crippen LogP contribution in [0.4, 0.5) is 15.4 Å². The Kier molecular flexibility index (Phi) is 4.20. The van der Waals surface area contributed by atoms with Gasteiger partial charge in [-0.05, 0) is 25.0 Å². The highest BCUT2D eigenvalue weighted by Crippen LogP contribution is 2.36. The summed E-state index contributed by atoms with van der Waals surface area (Å²) in [4.78, 5) is 4.17. The standard InChI is InChI=1S/C8H10FN3S.C2H6/c1-5-3-10-8-7(6(5)2)11-4-12(8)13-9;1-2/h3,11H,4H2,1-2H3;1-2H3. The number of aryl methyl sites for hydroxylation is 1. The van der Waals surface area contributed by atoms with E-state index in [2.05, 4.69) is 10.3 Å². The molecule has 0 spiro atoms. The number of hydrogen-bond donors (Lipinski definition) is 1. The molecule has 2 rings (SSSR count). The Labute approximate surface area is 94.5 Å². The van der Waals surface area contributed by atoms with Crippen molar-refractivity contribution in [3.63, 3.8) is 0 Å². The fourth-order valence-electron chi connectivity index (χ4n) is 1.37. The second kappa shape index (κ2) is 5.21. The van der Waals surface area contributed by atoms with Gasteiger partial charge in [-0.3, -0.25) is 4.31 Å². The van der Waals surface area contributed by atoms with Crippen molar-refractivity contribution in [3.8, 4) is 0 Å². The SMILES string of the molecule is CC.Cc1cnc2c(c1C)NCN2SF. The van der Waals surface area contributed by atoms with Gasteiger partial charge in [-0.2, -0.15) is 0 Å². The van der Waals surface area contributed by atoms with Crippen molar-refractivity contribution in [3.05, 3.63) is 17.3 Å². The number of fused-ring (bicyclic) bond motifs is 1. The lowest BCUT2D eigenvalue weighted by atomic mass is 10.1. The van der Waals surface area contributed by atoms with Crippen LogP contribution >= 0.6 is 12.3 Å². The summed E-state index contributed by atoms with van der Waals surface area (Å²) < 4.78 is 13.9. The van der Waals surface area contributed by atoms with Crippen LogP contribution in [0.25, 0.3) is 0 Å². The minimum absolute atomic E-state index is 0.198.